The van der Waals surface area contributed by atoms with E-state index in [1.54, 1.807) is 12.0 Å². The summed E-state index contributed by atoms with van der Waals surface area (Å²) in [5.74, 6) is -0.0475. The van der Waals surface area contributed by atoms with E-state index in [1.165, 1.54) is 5.56 Å². The van der Waals surface area contributed by atoms with Crippen molar-refractivity contribution in [1.82, 2.24) is 15.5 Å². The van der Waals surface area contributed by atoms with Crippen LogP contribution in [0.15, 0.2) is 42.5 Å². The highest BCUT2D eigenvalue weighted by Crippen LogP contribution is 2.33. The van der Waals surface area contributed by atoms with Crippen molar-refractivity contribution in [1.29, 1.82) is 0 Å². The van der Waals surface area contributed by atoms with Crippen molar-refractivity contribution in [2.24, 2.45) is 11.3 Å². The van der Waals surface area contributed by atoms with Gasteiger partial charge in [0.25, 0.3) is 0 Å². The lowest BCUT2D eigenvalue weighted by Gasteiger charge is -2.41. The zero-order valence-corrected chi connectivity index (χ0v) is 24.2. The molecular formula is C32H43N3O4. The highest BCUT2D eigenvalue weighted by Gasteiger charge is 2.42. The van der Waals surface area contributed by atoms with Gasteiger partial charge in [-0.15, -0.1) is 0 Å². The molecule has 0 radical (unpaired) electrons. The molecule has 0 aromatic heterocycles. The third-order valence-corrected chi connectivity index (χ3v) is 8.27. The number of carbonyl (C=O) groups excluding carboxylic acids is 3. The Labute approximate surface area is 232 Å². The minimum Gasteiger partial charge on any atom is -0.497 e. The summed E-state index contributed by atoms with van der Waals surface area (Å²) in [4.78, 5) is 42.8. The van der Waals surface area contributed by atoms with Gasteiger partial charge in [-0.3, -0.25) is 14.4 Å². The molecule has 39 heavy (non-hydrogen) atoms. The normalized spacial score (nSPS) is 20.2. The number of fused-ring (bicyclic) bond motifs is 2. The van der Waals surface area contributed by atoms with Crippen molar-refractivity contribution in [3.63, 3.8) is 0 Å². The van der Waals surface area contributed by atoms with Crippen molar-refractivity contribution in [2.75, 3.05) is 7.11 Å². The summed E-state index contributed by atoms with van der Waals surface area (Å²) in [5.41, 5.74) is 3.86. The number of carbonyl (C=O) groups is 3. The van der Waals surface area contributed by atoms with Crippen LogP contribution >= 0.6 is 0 Å². The van der Waals surface area contributed by atoms with E-state index in [-0.39, 0.29) is 36.2 Å². The SMILES string of the molecule is CC[C@@H](C)C(=O)N[C@H](C(=O)N1Cc2cc(OC)ccc2C[C@H]1C(=O)NC1CCCc2ccccc21)C(C)(C)C. The molecule has 0 saturated carbocycles. The molecular weight excluding hydrogens is 490 g/mol. The smallest absolute Gasteiger partial charge is 0.246 e. The van der Waals surface area contributed by atoms with Gasteiger partial charge in [-0.25, -0.2) is 0 Å². The number of aryl methyl sites for hydroxylation is 1. The van der Waals surface area contributed by atoms with E-state index in [9.17, 15) is 14.4 Å². The van der Waals surface area contributed by atoms with Crippen molar-refractivity contribution in [2.45, 2.75) is 91.4 Å². The van der Waals surface area contributed by atoms with Crippen LogP contribution in [0.2, 0.25) is 0 Å². The quantitative estimate of drug-likeness (QED) is 0.539. The van der Waals surface area contributed by atoms with Crippen molar-refractivity contribution < 1.29 is 19.1 Å². The van der Waals surface area contributed by atoms with Gasteiger partial charge in [0.1, 0.15) is 17.8 Å². The fourth-order valence-corrected chi connectivity index (χ4v) is 5.61. The lowest BCUT2D eigenvalue weighted by atomic mass is 9.83. The number of methoxy groups -OCH3 is 1. The number of nitrogens with zero attached hydrogens (tertiary/aromatic N) is 1. The summed E-state index contributed by atoms with van der Waals surface area (Å²) in [6, 6.07) is 12.5. The molecule has 4 rings (SSSR count). The maximum Gasteiger partial charge on any atom is 0.246 e. The fourth-order valence-electron chi connectivity index (χ4n) is 5.61. The summed E-state index contributed by atoms with van der Waals surface area (Å²) in [5, 5.41) is 6.30. The van der Waals surface area contributed by atoms with Gasteiger partial charge in [-0.1, -0.05) is 65.0 Å². The second-order valence-corrected chi connectivity index (χ2v) is 12.1. The van der Waals surface area contributed by atoms with Crippen LogP contribution in [0.1, 0.15) is 82.2 Å². The molecule has 210 valence electrons. The van der Waals surface area contributed by atoms with Crippen molar-refractivity contribution in [3.05, 3.63) is 64.7 Å². The molecule has 0 bridgehead atoms. The molecule has 7 heteroatoms. The average molecular weight is 534 g/mol. The lowest BCUT2D eigenvalue weighted by molar-refractivity contribution is -0.147. The standard InChI is InChI=1S/C32H43N3O4/c1-7-20(2)29(36)34-28(32(3,4)5)31(38)35-19-23-17-24(39-6)16-15-22(23)18-27(35)30(37)33-26-14-10-12-21-11-8-9-13-25(21)26/h8-9,11,13,15-17,20,26-28H,7,10,12,14,18-19H2,1-6H3,(H,33,37)(H,34,36)/t20-,26?,27+,28-/m1/s1. The Kier molecular flexibility index (Phi) is 8.67. The molecule has 2 aromatic carbocycles. The molecule has 0 fully saturated rings. The molecule has 1 unspecified atom stereocenters. The summed E-state index contributed by atoms with van der Waals surface area (Å²) in [6.07, 6.45) is 3.97. The Hall–Kier alpha value is -3.35. The second-order valence-electron chi connectivity index (χ2n) is 12.1. The van der Waals surface area contributed by atoms with Gasteiger partial charge in [0.05, 0.1) is 13.2 Å². The zero-order valence-electron chi connectivity index (χ0n) is 24.2. The summed E-state index contributed by atoms with van der Waals surface area (Å²) in [6.45, 7) is 9.93. The number of benzene rings is 2. The highest BCUT2D eigenvalue weighted by molar-refractivity contribution is 5.93. The van der Waals surface area contributed by atoms with E-state index in [0.29, 0.717) is 18.6 Å². The Morgan fingerprint density at radius 1 is 1.08 bits per heavy atom. The number of hydrogen-bond acceptors (Lipinski definition) is 4. The monoisotopic (exact) mass is 533 g/mol. The Morgan fingerprint density at radius 2 is 1.82 bits per heavy atom. The van der Waals surface area contributed by atoms with E-state index in [2.05, 4.69) is 22.8 Å². The van der Waals surface area contributed by atoms with Crippen LogP contribution < -0.4 is 15.4 Å². The molecule has 2 N–H and O–H groups in total. The largest absolute Gasteiger partial charge is 0.497 e. The number of ether oxygens (including phenoxy) is 1. The van der Waals surface area contributed by atoms with Crippen LogP contribution in [-0.2, 0) is 33.8 Å². The fraction of sp³-hybridized carbons (Fsp3) is 0.531. The Morgan fingerprint density at radius 3 is 2.51 bits per heavy atom. The first-order valence-electron chi connectivity index (χ1n) is 14.2. The predicted molar refractivity (Wildman–Crippen MR) is 152 cm³/mol. The molecule has 0 spiro atoms. The lowest BCUT2D eigenvalue weighted by Crippen LogP contribution is -2.61. The first-order valence-corrected chi connectivity index (χ1v) is 14.2. The van der Waals surface area contributed by atoms with E-state index in [1.807, 2.05) is 65.0 Å². The molecule has 4 atom stereocenters. The minimum atomic E-state index is -0.767. The Balaban J connectivity index is 1.66. The summed E-state index contributed by atoms with van der Waals surface area (Å²) >= 11 is 0. The molecule has 1 aliphatic heterocycles. The van der Waals surface area contributed by atoms with Crippen molar-refractivity contribution in [3.8, 4) is 5.75 Å². The topological polar surface area (TPSA) is 87.7 Å². The van der Waals surface area contributed by atoms with E-state index in [0.717, 1.165) is 36.0 Å². The van der Waals surface area contributed by atoms with Crippen molar-refractivity contribution >= 4 is 17.7 Å². The zero-order chi connectivity index (χ0) is 28.3. The predicted octanol–water partition coefficient (Wildman–Crippen LogP) is 4.72. The van der Waals surface area contributed by atoms with Gasteiger partial charge in [-0.2, -0.15) is 0 Å². The van der Waals surface area contributed by atoms with Gasteiger partial charge >= 0.3 is 0 Å². The van der Waals surface area contributed by atoms with E-state index in [4.69, 9.17) is 4.74 Å². The second kappa shape index (κ2) is 11.8. The molecule has 2 aromatic rings. The maximum absolute atomic E-state index is 14.3. The number of hydrogen-bond donors (Lipinski definition) is 2. The number of nitrogens with one attached hydrogen (secondary N) is 2. The molecule has 2 aliphatic rings. The highest BCUT2D eigenvalue weighted by atomic mass is 16.5. The molecule has 7 nitrogen and oxygen atoms in total. The molecule has 1 aliphatic carbocycles. The third-order valence-electron chi connectivity index (χ3n) is 8.27. The van der Waals surface area contributed by atoms with Crippen LogP contribution in [0.3, 0.4) is 0 Å². The van der Waals surface area contributed by atoms with Crippen LogP contribution in [0.4, 0.5) is 0 Å². The van der Waals surface area contributed by atoms with Gasteiger partial charge < -0.3 is 20.3 Å². The summed E-state index contributed by atoms with van der Waals surface area (Å²) < 4.78 is 5.44. The Bertz CT molecular complexity index is 1220. The van der Waals surface area contributed by atoms with Gasteiger partial charge in [0, 0.05) is 18.9 Å². The van der Waals surface area contributed by atoms with Gasteiger partial charge in [0.15, 0.2) is 0 Å². The average Bonchev–Trinajstić information content (AvgIpc) is 2.93. The van der Waals surface area contributed by atoms with Crippen LogP contribution in [0, 0.1) is 11.3 Å². The third kappa shape index (κ3) is 6.29. The van der Waals surface area contributed by atoms with Gasteiger partial charge in [-0.05, 0) is 65.5 Å². The molecule has 0 saturated heterocycles. The van der Waals surface area contributed by atoms with Crippen LogP contribution in [0.25, 0.3) is 0 Å². The molecule has 1 heterocycles. The van der Waals surface area contributed by atoms with E-state index >= 15 is 0 Å². The number of rotatable bonds is 7. The van der Waals surface area contributed by atoms with Crippen LogP contribution in [0.5, 0.6) is 5.75 Å². The molecule has 3 amide bonds. The maximum atomic E-state index is 14.3. The van der Waals surface area contributed by atoms with E-state index < -0.39 is 17.5 Å². The summed E-state index contributed by atoms with van der Waals surface area (Å²) in [7, 11) is 1.62. The first kappa shape index (κ1) is 28.7. The van der Waals surface area contributed by atoms with Crippen LogP contribution in [-0.4, -0.2) is 41.8 Å². The van der Waals surface area contributed by atoms with Gasteiger partial charge in [0.2, 0.25) is 17.7 Å². The minimum absolute atomic E-state index is 0.0832. The first-order chi connectivity index (χ1) is 18.5. The number of amides is 3.